The van der Waals surface area contributed by atoms with Gasteiger partial charge in [-0.25, -0.2) is 0 Å². The Kier molecular flexibility index (Phi) is 3.07. The Balaban J connectivity index is 1.95. The van der Waals surface area contributed by atoms with Gasteiger partial charge in [0.1, 0.15) is 12.4 Å². The van der Waals surface area contributed by atoms with Gasteiger partial charge in [0.15, 0.2) is 0 Å². The van der Waals surface area contributed by atoms with Gasteiger partial charge in [0.25, 0.3) is 0 Å². The fraction of sp³-hybridized carbons (Fsp3) is 0.0909. The maximum atomic E-state index is 5.73. The van der Waals surface area contributed by atoms with Crippen molar-refractivity contribution >= 4 is 22.9 Å². The van der Waals surface area contributed by atoms with Crippen LogP contribution in [0.1, 0.15) is 4.88 Å². The molecule has 0 atom stereocenters. The lowest BCUT2D eigenvalue weighted by atomic mass is 10.3. The quantitative estimate of drug-likeness (QED) is 0.770. The Morgan fingerprint density at radius 1 is 1.36 bits per heavy atom. The first-order chi connectivity index (χ1) is 6.84. The molecular weight excluding hydrogens is 216 g/mol. The summed E-state index contributed by atoms with van der Waals surface area (Å²) in [6.07, 6.45) is 0. The molecule has 1 heterocycles. The molecule has 1 nitrogen and oxygen atoms in total. The van der Waals surface area contributed by atoms with Crippen molar-refractivity contribution in [1.82, 2.24) is 0 Å². The molecule has 71 valence electrons. The van der Waals surface area contributed by atoms with Crippen molar-refractivity contribution in [3.8, 4) is 5.75 Å². The normalized spacial score (nSPS) is 10.1. The van der Waals surface area contributed by atoms with Gasteiger partial charge in [0.05, 0.1) is 0 Å². The third kappa shape index (κ3) is 2.50. The number of halogens is 1. The molecule has 0 amide bonds. The molecule has 0 saturated carbocycles. The van der Waals surface area contributed by atoms with E-state index >= 15 is 0 Å². The summed E-state index contributed by atoms with van der Waals surface area (Å²) in [5.41, 5.74) is 0. The highest BCUT2D eigenvalue weighted by Gasteiger charge is 1.96. The van der Waals surface area contributed by atoms with Crippen LogP contribution in [0.25, 0.3) is 0 Å². The summed E-state index contributed by atoms with van der Waals surface area (Å²) in [6, 6.07) is 12.3. The Labute approximate surface area is 91.9 Å². The fourth-order valence-electron chi connectivity index (χ4n) is 1.02. The zero-order chi connectivity index (χ0) is 9.80. The van der Waals surface area contributed by atoms with E-state index in [0.29, 0.717) is 11.6 Å². The molecule has 0 aliphatic carbocycles. The van der Waals surface area contributed by atoms with Gasteiger partial charge < -0.3 is 4.74 Å². The second-order valence-electron chi connectivity index (χ2n) is 2.74. The van der Waals surface area contributed by atoms with Crippen molar-refractivity contribution in [2.45, 2.75) is 6.61 Å². The van der Waals surface area contributed by atoms with E-state index in [1.54, 1.807) is 23.5 Å². The lowest BCUT2D eigenvalue weighted by Gasteiger charge is -2.03. The first kappa shape index (κ1) is 9.56. The molecule has 0 aliphatic heterocycles. The van der Waals surface area contributed by atoms with Crippen LogP contribution in [0.3, 0.4) is 0 Å². The Morgan fingerprint density at radius 2 is 2.29 bits per heavy atom. The van der Waals surface area contributed by atoms with Crippen molar-refractivity contribution in [2.75, 3.05) is 0 Å². The smallest absolute Gasteiger partial charge is 0.127 e. The predicted octanol–water partition coefficient (Wildman–Crippen LogP) is 3.78. The molecule has 0 fully saturated rings. The van der Waals surface area contributed by atoms with E-state index in [1.807, 2.05) is 23.6 Å². The highest BCUT2D eigenvalue weighted by atomic mass is 35.5. The van der Waals surface area contributed by atoms with Crippen molar-refractivity contribution in [3.63, 3.8) is 0 Å². The summed E-state index contributed by atoms with van der Waals surface area (Å²) >= 11 is 7.41. The standard InChI is InChI=1S/C11H8ClOS/c12-9-3-5-10(6-4-9)13-8-11-2-1-7-14-11/h1-5,7H,8H2. The maximum absolute atomic E-state index is 5.73. The van der Waals surface area contributed by atoms with E-state index < -0.39 is 0 Å². The molecule has 0 unspecified atom stereocenters. The van der Waals surface area contributed by atoms with Crippen LogP contribution >= 0.6 is 22.9 Å². The van der Waals surface area contributed by atoms with Gasteiger partial charge in [0, 0.05) is 16.0 Å². The number of ether oxygens (including phenoxy) is 1. The molecule has 2 aromatic rings. The minimum Gasteiger partial charge on any atom is -0.487 e. The highest BCUT2D eigenvalue weighted by molar-refractivity contribution is 7.09. The van der Waals surface area contributed by atoms with E-state index in [-0.39, 0.29) is 0 Å². The molecule has 0 bridgehead atoms. The molecule has 14 heavy (non-hydrogen) atoms. The fourth-order valence-corrected chi connectivity index (χ4v) is 1.76. The molecule has 1 aromatic carbocycles. The highest BCUT2D eigenvalue weighted by Crippen LogP contribution is 2.17. The molecule has 3 heteroatoms. The Morgan fingerprint density at radius 3 is 2.93 bits per heavy atom. The van der Waals surface area contributed by atoms with Crippen molar-refractivity contribution < 1.29 is 4.74 Å². The second kappa shape index (κ2) is 4.49. The van der Waals surface area contributed by atoms with Crippen molar-refractivity contribution in [2.24, 2.45) is 0 Å². The number of thiophene rings is 1. The maximum Gasteiger partial charge on any atom is 0.127 e. The lowest BCUT2D eigenvalue weighted by molar-refractivity contribution is 0.309. The van der Waals surface area contributed by atoms with Crippen molar-refractivity contribution in [1.29, 1.82) is 0 Å². The number of benzene rings is 1. The minimum atomic E-state index is 0.593. The molecule has 1 aromatic heterocycles. The van der Waals surface area contributed by atoms with Crippen LogP contribution in [0.4, 0.5) is 0 Å². The van der Waals surface area contributed by atoms with E-state index in [1.165, 1.54) is 4.88 Å². The topological polar surface area (TPSA) is 9.23 Å². The predicted molar refractivity (Wildman–Crippen MR) is 58.9 cm³/mol. The van der Waals surface area contributed by atoms with Crippen LogP contribution in [0.2, 0.25) is 5.02 Å². The average molecular weight is 224 g/mol. The van der Waals surface area contributed by atoms with Gasteiger partial charge in [-0.3, -0.25) is 0 Å². The van der Waals surface area contributed by atoms with Gasteiger partial charge >= 0.3 is 0 Å². The Bertz CT molecular complexity index is 380. The summed E-state index contributed by atoms with van der Waals surface area (Å²) in [4.78, 5) is 1.20. The third-order valence-electron chi connectivity index (χ3n) is 1.70. The molecule has 1 radical (unpaired) electrons. The van der Waals surface area contributed by atoms with Crippen LogP contribution in [0, 0.1) is 6.07 Å². The van der Waals surface area contributed by atoms with E-state index in [9.17, 15) is 0 Å². The molecule has 0 N–H and O–H groups in total. The van der Waals surface area contributed by atoms with Crippen LogP contribution in [0.15, 0.2) is 35.7 Å². The largest absolute Gasteiger partial charge is 0.487 e. The van der Waals surface area contributed by atoms with Crippen LogP contribution < -0.4 is 4.74 Å². The summed E-state index contributed by atoms with van der Waals surface area (Å²) in [7, 11) is 0. The SMILES string of the molecule is Clc1c[c]c(OCc2cccs2)cc1. The lowest BCUT2D eigenvalue weighted by Crippen LogP contribution is -1.92. The van der Waals surface area contributed by atoms with Crippen LogP contribution in [-0.4, -0.2) is 0 Å². The van der Waals surface area contributed by atoms with Gasteiger partial charge in [-0.2, -0.15) is 0 Å². The van der Waals surface area contributed by atoms with Crippen LogP contribution in [-0.2, 0) is 6.61 Å². The summed E-state index contributed by atoms with van der Waals surface area (Å²) in [5.74, 6) is 0.725. The molecular formula is C11H8ClOS. The van der Waals surface area contributed by atoms with E-state index in [0.717, 1.165) is 5.75 Å². The van der Waals surface area contributed by atoms with Crippen LogP contribution in [0.5, 0.6) is 5.75 Å². The average Bonchev–Trinajstić information content (AvgIpc) is 2.70. The van der Waals surface area contributed by atoms with E-state index in [2.05, 4.69) is 6.07 Å². The zero-order valence-electron chi connectivity index (χ0n) is 7.37. The zero-order valence-corrected chi connectivity index (χ0v) is 8.94. The third-order valence-corrected chi connectivity index (χ3v) is 2.78. The van der Waals surface area contributed by atoms with Gasteiger partial charge in [-0.05, 0) is 29.6 Å². The molecule has 0 aliphatic rings. The summed E-state index contributed by atoms with van der Waals surface area (Å²) in [5, 5.41) is 2.71. The monoisotopic (exact) mass is 223 g/mol. The molecule has 2 rings (SSSR count). The Hall–Kier alpha value is -0.990. The molecule has 0 saturated heterocycles. The molecule has 0 spiro atoms. The number of rotatable bonds is 3. The summed E-state index contributed by atoms with van der Waals surface area (Å²) in [6.45, 7) is 0.593. The summed E-state index contributed by atoms with van der Waals surface area (Å²) < 4.78 is 5.50. The first-order valence-corrected chi connectivity index (χ1v) is 5.43. The van der Waals surface area contributed by atoms with Crippen molar-refractivity contribution in [3.05, 3.63) is 51.7 Å². The first-order valence-electron chi connectivity index (χ1n) is 4.17. The number of hydrogen-bond donors (Lipinski definition) is 0. The number of hydrogen-bond acceptors (Lipinski definition) is 2. The van der Waals surface area contributed by atoms with Gasteiger partial charge in [0.2, 0.25) is 0 Å². The second-order valence-corrected chi connectivity index (χ2v) is 4.21. The van der Waals surface area contributed by atoms with E-state index in [4.69, 9.17) is 16.3 Å². The van der Waals surface area contributed by atoms with Gasteiger partial charge in [-0.15, -0.1) is 11.3 Å². The van der Waals surface area contributed by atoms with Gasteiger partial charge in [-0.1, -0.05) is 17.7 Å². The minimum absolute atomic E-state index is 0.593.